The van der Waals surface area contributed by atoms with Gasteiger partial charge in [-0.25, -0.2) is 0 Å². The molecule has 0 heterocycles. The summed E-state index contributed by atoms with van der Waals surface area (Å²) in [4.78, 5) is 2.53. The van der Waals surface area contributed by atoms with E-state index in [0.717, 1.165) is 39.3 Å². The van der Waals surface area contributed by atoms with Crippen LogP contribution in [0.1, 0.15) is 22.3 Å². The van der Waals surface area contributed by atoms with Crippen molar-refractivity contribution in [1.29, 1.82) is 0 Å². The minimum Gasteiger partial charge on any atom is -0.309 e. The fraction of sp³-hybridized carbons (Fsp3) is 0.0133. The molecule has 0 amide bonds. The zero-order chi connectivity index (χ0) is 50.4. The van der Waals surface area contributed by atoms with Gasteiger partial charge in [0.1, 0.15) is 0 Å². The molecule has 0 saturated heterocycles. The Labute approximate surface area is 444 Å². The molecule has 0 atom stereocenters. The molecule has 1 aliphatic carbocycles. The molecule has 13 aromatic rings. The average molecular weight is 966 g/mol. The van der Waals surface area contributed by atoms with Crippen LogP contribution in [0.2, 0.25) is 0 Å². The molecule has 1 heteroatoms. The van der Waals surface area contributed by atoms with Crippen LogP contribution in [0, 0.1) is 0 Å². The van der Waals surface area contributed by atoms with E-state index < -0.39 is 5.41 Å². The predicted molar refractivity (Wildman–Crippen MR) is 321 cm³/mol. The number of nitrogens with zero attached hydrogens (tertiary/aromatic N) is 1. The average Bonchev–Trinajstić information content (AvgIpc) is 3.81. The van der Waals surface area contributed by atoms with Gasteiger partial charge in [-0.2, -0.15) is 0 Å². The van der Waals surface area contributed by atoms with Crippen LogP contribution in [-0.2, 0) is 5.41 Å². The van der Waals surface area contributed by atoms with Gasteiger partial charge >= 0.3 is 0 Å². The van der Waals surface area contributed by atoms with E-state index in [9.17, 15) is 0 Å². The first-order valence-corrected chi connectivity index (χ1v) is 26.3. The van der Waals surface area contributed by atoms with Crippen molar-refractivity contribution in [2.75, 3.05) is 4.90 Å². The van der Waals surface area contributed by atoms with Crippen molar-refractivity contribution in [3.05, 3.63) is 332 Å². The van der Waals surface area contributed by atoms with E-state index in [2.05, 4.69) is 314 Å². The molecule has 0 radical (unpaired) electrons. The third-order valence-electron chi connectivity index (χ3n) is 15.7. The highest BCUT2D eigenvalue weighted by atomic mass is 15.1. The number of hydrogen-bond donors (Lipinski definition) is 0. The molecule has 1 nitrogen and oxygen atoms in total. The molecule has 0 unspecified atom stereocenters. The quantitative estimate of drug-likeness (QED) is 0.123. The first-order valence-electron chi connectivity index (χ1n) is 26.3. The van der Waals surface area contributed by atoms with Gasteiger partial charge < -0.3 is 4.90 Å². The highest BCUT2D eigenvalue weighted by Gasteiger charge is 2.46. The zero-order valence-corrected chi connectivity index (χ0v) is 41.9. The zero-order valence-electron chi connectivity index (χ0n) is 41.9. The Morgan fingerprint density at radius 2 is 0.684 bits per heavy atom. The molecule has 0 aliphatic heterocycles. The van der Waals surface area contributed by atoms with Crippen molar-refractivity contribution >= 4 is 38.6 Å². The SMILES string of the molecule is c1ccc(-c2ccc(N(c3ccc4c(c3)-c3ccccc3C4(c3ccccc3)c3ccccc3)c3ccccc3-c3ccc4c(c3)c(-c3ccccc3)c(-c3ccccc3)c3ccccc34)c(-c3ccccc3)c2)cc1. The lowest BCUT2D eigenvalue weighted by atomic mass is 9.68. The van der Waals surface area contributed by atoms with Crippen molar-refractivity contribution in [3.63, 3.8) is 0 Å². The fourth-order valence-electron chi connectivity index (χ4n) is 12.5. The summed E-state index contributed by atoms with van der Waals surface area (Å²) in [5, 5.41) is 4.93. The summed E-state index contributed by atoms with van der Waals surface area (Å²) in [5.74, 6) is 0. The molecule has 0 spiro atoms. The second-order valence-corrected chi connectivity index (χ2v) is 19.9. The lowest BCUT2D eigenvalue weighted by Gasteiger charge is -2.34. The van der Waals surface area contributed by atoms with Crippen LogP contribution < -0.4 is 4.90 Å². The van der Waals surface area contributed by atoms with Crippen molar-refractivity contribution in [2.45, 2.75) is 5.41 Å². The van der Waals surface area contributed by atoms with E-state index in [0.29, 0.717) is 0 Å². The smallest absolute Gasteiger partial charge is 0.0713 e. The Morgan fingerprint density at radius 1 is 0.224 bits per heavy atom. The van der Waals surface area contributed by atoms with Crippen LogP contribution in [0.5, 0.6) is 0 Å². The molecular weight excluding hydrogens is 915 g/mol. The molecular formula is C75H51N. The number of benzene rings is 13. The van der Waals surface area contributed by atoms with Gasteiger partial charge in [-0.1, -0.05) is 273 Å². The number of fused-ring (bicyclic) bond motifs is 6. The Balaban J connectivity index is 1.05. The molecule has 0 N–H and O–H groups in total. The number of hydrogen-bond acceptors (Lipinski definition) is 1. The molecule has 0 aromatic heterocycles. The Hall–Kier alpha value is -9.82. The largest absolute Gasteiger partial charge is 0.309 e. The van der Waals surface area contributed by atoms with E-state index in [1.54, 1.807) is 0 Å². The summed E-state index contributed by atoms with van der Waals surface area (Å²) < 4.78 is 0. The minimum atomic E-state index is -0.521. The van der Waals surface area contributed by atoms with Gasteiger partial charge in [0.05, 0.1) is 16.8 Å². The fourth-order valence-corrected chi connectivity index (χ4v) is 12.5. The lowest BCUT2D eigenvalue weighted by Crippen LogP contribution is -2.28. The molecule has 14 rings (SSSR count). The van der Waals surface area contributed by atoms with E-state index in [1.807, 2.05) is 0 Å². The first kappa shape index (κ1) is 44.8. The van der Waals surface area contributed by atoms with Crippen molar-refractivity contribution < 1.29 is 0 Å². The molecule has 0 fully saturated rings. The van der Waals surface area contributed by atoms with Crippen LogP contribution in [-0.4, -0.2) is 0 Å². The van der Waals surface area contributed by atoms with Gasteiger partial charge in [0.2, 0.25) is 0 Å². The van der Waals surface area contributed by atoms with Gasteiger partial charge in [0.15, 0.2) is 0 Å². The lowest BCUT2D eigenvalue weighted by molar-refractivity contribution is 0.768. The first-order chi connectivity index (χ1) is 37.7. The summed E-state index contributed by atoms with van der Waals surface area (Å²) in [6.07, 6.45) is 0. The highest BCUT2D eigenvalue weighted by molar-refractivity contribution is 6.22. The molecule has 13 aromatic carbocycles. The van der Waals surface area contributed by atoms with E-state index >= 15 is 0 Å². The maximum Gasteiger partial charge on any atom is 0.0713 e. The Morgan fingerprint density at radius 3 is 1.33 bits per heavy atom. The standard InChI is InChI=1S/C75H51N/c1-7-25-52(26-8-1)56-44-48-72(66(49-56)53-27-9-2-10-28-53)76(60-45-47-70-67(51-60)64-39-21-23-41-69(64)75(70,58-33-15-5-16-34-58)59-35-17-6-18-36-59)71-42-24-22-37-61(71)57-43-46-63-62-38-19-20-40-65(62)73(54-29-11-3-12-30-54)74(68(63)50-57)55-31-13-4-14-32-55/h1-51H. The number of anilines is 3. The summed E-state index contributed by atoms with van der Waals surface area (Å²) in [7, 11) is 0. The van der Waals surface area contributed by atoms with Gasteiger partial charge in [0.25, 0.3) is 0 Å². The summed E-state index contributed by atoms with van der Waals surface area (Å²) in [5.41, 5.74) is 22.0. The van der Waals surface area contributed by atoms with Crippen molar-refractivity contribution in [2.24, 2.45) is 0 Å². The van der Waals surface area contributed by atoms with Crippen molar-refractivity contribution in [1.82, 2.24) is 0 Å². The molecule has 1 aliphatic rings. The Kier molecular flexibility index (Phi) is 11.2. The van der Waals surface area contributed by atoms with Crippen LogP contribution in [0.3, 0.4) is 0 Å². The topological polar surface area (TPSA) is 3.24 Å². The molecule has 0 bridgehead atoms. The minimum absolute atomic E-state index is 0.521. The van der Waals surface area contributed by atoms with Crippen LogP contribution in [0.15, 0.2) is 309 Å². The maximum atomic E-state index is 2.53. The van der Waals surface area contributed by atoms with Gasteiger partial charge in [-0.15, -0.1) is 0 Å². The van der Waals surface area contributed by atoms with Crippen LogP contribution >= 0.6 is 0 Å². The number of para-hydroxylation sites is 1. The van der Waals surface area contributed by atoms with Gasteiger partial charge in [-0.3, -0.25) is 0 Å². The van der Waals surface area contributed by atoms with E-state index in [4.69, 9.17) is 0 Å². The van der Waals surface area contributed by atoms with E-state index in [1.165, 1.54) is 88.3 Å². The second-order valence-electron chi connectivity index (χ2n) is 19.9. The van der Waals surface area contributed by atoms with Gasteiger partial charge in [0, 0.05) is 16.8 Å². The molecule has 356 valence electrons. The number of rotatable bonds is 10. The third-order valence-corrected chi connectivity index (χ3v) is 15.7. The summed E-state index contributed by atoms with van der Waals surface area (Å²) in [6.45, 7) is 0. The van der Waals surface area contributed by atoms with Crippen LogP contribution in [0.25, 0.3) is 88.3 Å². The molecule has 76 heavy (non-hydrogen) atoms. The van der Waals surface area contributed by atoms with Gasteiger partial charge in [-0.05, 0) is 136 Å². The van der Waals surface area contributed by atoms with E-state index in [-0.39, 0.29) is 0 Å². The van der Waals surface area contributed by atoms with Crippen molar-refractivity contribution in [3.8, 4) is 66.8 Å². The predicted octanol–water partition coefficient (Wildman–Crippen LogP) is 20.2. The maximum absolute atomic E-state index is 2.53. The summed E-state index contributed by atoms with van der Waals surface area (Å²) >= 11 is 0. The summed E-state index contributed by atoms with van der Waals surface area (Å²) in [6, 6.07) is 114. The third kappa shape index (κ3) is 7.39. The highest BCUT2D eigenvalue weighted by Crippen LogP contribution is 2.58. The normalized spacial score (nSPS) is 12.3. The Bertz CT molecular complexity index is 4210. The van der Waals surface area contributed by atoms with Crippen LogP contribution in [0.4, 0.5) is 17.1 Å². The monoisotopic (exact) mass is 965 g/mol. The second kappa shape index (κ2) is 18.9. The molecule has 0 saturated carbocycles.